The van der Waals surface area contributed by atoms with Gasteiger partial charge in [0, 0.05) is 6.54 Å². The van der Waals surface area contributed by atoms with Crippen LogP contribution in [0.3, 0.4) is 0 Å². The van der Waals surface area contributed by atoms with Gasteiger partial charge in [0.25, 0.3) is 5.91 Å². The normalized spacial score (nSPS) is 22.8. The van der Waals surface area contributed by atoms with Crippen molar-refractivity contribution in [3.63, 3.8) is 0 Å². The standard InChI is InChI=1S/C14H18N2O4/c1-14(11-5-3-2-4-6-11)12(19)15(7-9-17)13(20)16(14)8-10-18/h2-6,17-18H,7-10H2,1H3. The molecule has 2 rings (SSSR count). The summed E-state index contributed by atoms with van der Waals surface area (Å²) in [4.78, 5) is 27.3. The Bertz CT molecular complexity index is 505. The largest absolute Gasteiger partial charge is 0.395 e. The van der Waals surface area contributed by atoms with Gasteiger partial charge in [0.1, 0.15) is 5.54 Å². The second-order valence-electron chi connectivity index (χ2n) is 4.78. The zero-order valence-corrected chi connectivity index (χ0v) is 11.3. The third-order valence-electron chi connectivity index (χ3n) is 3.65. The first-order chi connectivity index (χ1) is 9.57. The molecule has 1 heterocycles. The first-order valence-corrected chi connectivity index (χ1v) is 6.48. The number of nitrogens with zero attached hydrogens (tertiary/aromatic N) is 2. The molecule has 108 valence electrons. The lowest BCUT2D eigenvalue weighted by Gasteiger charge is -2.31. The number of rotatable bonds is 5. The number of aliphatic hydroxyl groups is 2. The van der Waals surface area contributed by atoms with Crippen molar-refractivity contribution >= 4 is 11.9 Å². The Hall–Kier alpha value is -1.92. The van der Waals surface area contributed by atoms with E-state index < -0.39 is 11.6 Å². The van der Waals surface area contributed by atoms with E-state index in [1.807, 2.05) is 6.07 Å². The Balaban J connectivity index is 2.47. The summed E-state index contributed by atoms with van der Waals surface area (Å²) >= 11 is 0. The van der Waals surface area contributed by atoms with Crippen molar-refractivity contribution in [1.82, 2.24) is 9.80 Å². The molecule has 1 aromatic carbocycles. The molecule has 6 heteroatoms. The van der Waals surface area contributed by atoms with Crippen LogP contribution in [0.25, 0.3) is 0 Å². The van der Waals surface area contributed by atoms with E-state index in [2.05, 4.69) is 0 Å². The quantitative estimate of drug-likeness (QED) is 0.751. The van der Waals surface area contributed by atoms with Crippen LogP contribution in [0.1, 0.15) is 12.5 Å². The number of imide groups is 1. The lowest BCUT2D eigenvalue weighted by Crippen LogP contribution is -2.45. The maximum Gasteiger partial charge on any atom is 0.328 e. The molecule has 0 aromatic heterocycles. The second-order valence-corrected chi connectivity index (χ2v) is 4.78. The van der Waals surface area contributed by atoms with Crippen molar-refractivity contribution in [2.75, 3.05) is 26.3 Å². The van der Waals surface area contributed by atoms with E-state index in [1.54, 1.807) is 31.2 Å². The van der Waals surface area contributed by atoms with E-state index in [9.17, 15) is 9.59 Å². The fraction of sp³-hybridized carbons (Fsp3) is 0.429. The van der Waals surface area contributed by atoms with Gasteiger partial charge in [-0.2, -0.15) is 0 Å². The monoisotopic (exact) mass is 278 g/mol. The zero-order valence-electron chi connectivity index (χ0n) is 11.3. The predicted molar refractivity (Wildman–Crippen MR) is 71.8 cm³/mol. The summed E-state index contributed by atoms with van der Waals surface area (Å²) in [6.45, 7) is 1.18. The van der Waals surface area contributed by atoms with Gasteiger partial charge >= 0.3 is 6.03 Å². The lowest BCUT2D eigenvalue weighted by atomic mass is 9.90. The zero-order chi connectivity index (χ0) is 14.8. The van der Waals surface area contributed by atoms with Crippen LogP contribution >= 0.6 is 0 Å². The van der Waals surface area contributed by atoms with Gasteiger partial charge in [0.15, 0.2) is 0 Å². The van der Waals surface area contributed by atoms with Crippen LogP contribution in [-0.2, 0) is 10.3 Å². The minimum atomic E-state index is -1.14. The molecule has 0 saturated carbocycles. The lowest BCUT2D eigenvalue weighted by molar-refractivity contribution is -0.133. The van der Waals surface area contributed by atoms with Crippen molar-refractivity contribution < 1.29 is 19.8 Å². The molecule has 0 spiro atoms. The van der Waals surface area contributed by atoms with Crippen LogP contribution in [0.2, 0.25) is 0 Å². The summed E-state index contributed by atoms with van der Waals surface area (Å²) in [5, 5.41) is 18.2. The van der Waals surface area contributed by atoms with Crippen LogP contribution in [0, 0.1) is 0 Å². The molecule has 1 aromatic rings. The number of urea groups is 1. The maximum absolute atomic E-state index is 12.6. The minimum Gasteiger partial charge on any atom is -0.395 e. The summed E-state index contributed by atoms with van der Waals surface area (Å²) in [6, 6.07) is 8.49. The van der Waals surface area contributed by atoms with E-state index >= 15 is 0 Å². The highest BCUT2D eigenvalue weighted by Gasteiger charge is 2.54. The molecule has 3 amide bonds. The minimum absolute atomic E-state index is 0.0397. The molecule has 20 heavy (non-hydrogen) atoms. The van der Waals surface area contributed by atoms with Crippen molar-refractivity contribution in [2.45, 2.75) is 12.5 Å². The molecule has 1 aliphatic heterocycles. The van der Waals surface area contributed by atoms with Gasteiger partial charge in [0.2, 0.25) is 0 Å². The molecule has 1 atom stereocenters. The number of carbonyl (C=O) groups is 2. The smallest absolute Gasteiger partial charge is 0.328 e. The number of β-amino-alcohol motifs (C(OH)–C–C–N with tert-alkyl or cyclic N) is 2. The predicted octanol–water partition coefficient (Wildman–Crippen LogP) is 0.151. The molecule has 1 aliphatic rings. The highest BCUT2D eigenvalue weighted by Crippen LogP contribution is 2.36. The summed E-state index contributed by atoms with van der Waals surface area (Å²) < 4.78 is 0. The molecule has 1 saturated heterocycles. The van der Waals surface area contributed by atoms with Crippen molar-refractivity contribution in [3.05, 3.63) is 35.9 Å². The Morgan fingerprint density at radius 3 is 2.20 bits per heavy atom. The summed E-state index contributed by atoms with van der Waals surface area (Å²) in [5.41, 5.74) is -0.455. The van der Waals surface area contributed by atoms with Gasteiger partial charge < -0.3 is 15.1 Å². The van der Waals surface area contributed by atoms with Gasteiger partial charge in [-0.1, -0.05) is 30.3 Å². The number of benzene rings is 1. The highest BCUT2D eigenvalue weighted by molar-refractivity contribution is 6.07. The molecule has 1 fully saturated rings. The number of hydrogen-bond donors (Lipinski definition) is 2. The van der Waals surface area contributed by atoms with Crippen LogP contribution in [0.4, 0.5) is 4.79 Å². The summed E-state index contributed by atoms with van der Waals surface area (Å²) in [7, 11) is 0. The Labute approximate surface area is 117 Å². The van der Waals surface area contributed by atoms with Crippen LogP contribution < -0.4 is 0 Å². The first kappa shape index (κ1) is 14.5. The Morgan fingerprint density at radius 1 is 1.05 bits per heavy atom. The third-order valence-corrected chi connectivity index (χ3v) is 3.65. The first-order valence-electron chi connectivity index (χ1n) is 6.48. The molecule has 0 bridgehead atoms. The van der Waals surface area contributed by atoms with Gasteiger partial charge in [-0.15, -0.1) is 0 Å². The molecular weight excluding hydrogens is 260 g/mol. The van der Waals surface area contributed by atoms with Crippen molar-refractivity contribution in [1.29, 1.82) is 0 Å². The fourth-order valence-electron chi connectivity index (χ4n) is 2.56. The molecule has 2 N–H and O–H groups in total. The third kappa shape index (κ3) is 2.07. The van der Waals surface area contributed by atoms with E-state index in [1.165, 1.54) is 4.90 Å². The molecule has 6 nitrogen and oxygen atoms in total. The number of hydrogen-bond acceptors (Lipinski definition) is 4. The van der Waals surface area contributed by atoms with E-state index in [-0.39, 0.29) is 32.2 Å². The van der Waals surface area contributed by atoms with Crippen LogP contribution in [0.5, 0.6) is 0 Å². The van der Waals surface area contributed by atoms with Gasteiger partial charge in [-0.3, -0.25) is 9.69 Å². The fourth-order valence-corrected chi connectivity index (χ4v) is 2.56. The van der Waals surface area contributed by atoms with Crippen LogP contribution in [0.15, 0.2) is 30.3 Å². The summed E-state index contributed by atoms with van der Waals surface area (Å²) in [6.07, 6.45) is 0. The molecule has 0 aliphatic carbocycles. The van der Waals surface area contributed by atoms with E-state index in [0.717, 1.165) is 4.90 Å². The number of aliphatic hydroxyl groups excluding tert-OH is 2. The van der Waals surface area contributed by atoms with E-state index in [0.29, 0.717) is 5.56 Å². The molecule has 1 unspecified atom stereocenters. The van der Waals surface area contributed by atoms with Crippen LogP contribution in [-0.4, -0.2) is 58.3 Å². The van der Waals surface area contributed by atoms with Gasteiger partial charge in [-0.05, 0) is 12.5 Å². The number of carbonyl (C=O) groups excluding carboxylic acids is 2. The van der Waals surface area contributed by atoms with Gasteiger partial charge in [-0.25, -0.2) is 4.79 Å². The topological polar surface area (TPSA) is 81.1 Å². The molecular formula is C14H18N2O4. The average molecular weight is 278 g/mol. The highest BCUT2D eigenvalue weighted by atomic mass is 16.3. The molecule has 0 radical (unpaired) electrons. The SMILES string of the molecule is CC1(c2ccccc2)C(=O)N(CCO)C(=O)N1CCO. The Kier molecular flexibility index (Phi) is 4.06. The maximum atomic E-state index is 12.6. The second kappa shape index (κ2) is 5.60. The van der Waals surface area contributed by atoms with Gasteiger partial charge in [0.05, 0.1) is 19.8 Å². The summed E-state index contributed by atoms with van der Waals surface area (Å²) in [5.74, 6) is -0.379. The number of amides is 3. The van der Waals surface area contributed by atoms with Crippen molar-refractivity contribution in [3.8, 4) is 0 Å². The van der Waals surface area contributed by atoms with Crippen molar-refractivity contribution in [2.24, 2.45) is 0 Å². The Morgan fingerprint density at radius 2 is 1.65 bits per heavy atom. The average Bonchev–Trinajstić information content (AvgIpc) is 2.65. The van der Waals surface area contributed by atoms with E-state index in [4.69, 9.17) is 10.2 Å².